The summed E-state index contributed by atoms with van der Waals surface area (Å²) < 4.78 is 5.65. The van der Waals surface area contributed by atoms with Crippen LogP contribution in [0.4, 0.5) is 11.5 Å². The van der Waals surface area contributed by atoms with Gasteiger partial charge in [0.05, 0.1) is 6.54 Å². The van der Waals surface area contributed by atoms with Crippen molar-refractivity contribution < 1.29 is 19.7 Å². The topological polar surface area (TPSA) is 83.9 Å². The van der Waals surface area contributed by atoms with Crippen LogP contribution in [0.2, 0.25) is 0 Å². The number of nitrogens with zero attached hydrogens (tertiary/aromatic N) is 2. The lowest BCUT2D eigenvalue weighted by atomic mass is 10.3. The van der Waals surface area contributed by atoms with E-state index < -0.39 is 5.88 Å². The van der Waals surface area contributed by atoms with E-state index in [4.69, 9.17) is 9.99 Å². The Bertz CT molecular complexity index is 655. The van der Waals surface area contributed by atoms with E-state index in [1.165, 1.54) is 5.94 Å². The summed E-state index contributed by atoms with van der Waals surface area (Å²) in [6, 6.07) is 12.6. The third-order valence-electron chi connectivity index (χ3n) is 3.03. The standard InChI is InChI=1S/C16H17N3O4/c1-19(15-4-2-3-9-17-15)10-11-22-14-7-5-13(6-8-14)18-16(12-20)23-21/h2-9,18,21H,10-11H2,1H3. The maximum absolute atomic E-state index is 10.4. The molecule has 0 bridgehead atoms. The van der Waals surface area contributed by atoms with E-state index in [0.29, 0.717) is 24.6 Å². The van der Waals surface area contributed by atoms with Crippen molar-refractivity contribution in [3.8, 4) is 5.75 Å². The molecule has 0 unspecified atom stereocenters. The number of rotatable bonds is 8. The molecule has 0 fully saturated rings. The molecule has 23 heavy (non-hydrogen) atoms. The van der Waals surface area contributed by atoms with E-state index in [0.717, 1.165) is 5.82 Å². The quantitative estimate of drug-likeness (QED) is 0.334. The number of aromatic nitrogens is 1. The first-order valence-electron chi connectivity index (χ1n) is 6.91. The van der Waals surface area contributed by atoms with E-state index in [-0.39, 0.29) is 0 Å². The second kappa shape index (κ2) is 8.43. The summed E-state index contributed by atoms with van der Waals surface area (Å²) in [5, 5.41) is 11.0. The third kappa shape index (κ3) is 5.03. The Kier molecular flexibility index (Phi) is 5.99. The van der Waals surface area contributed by atoms with Gasteiger partial charge in [-0.25, -0.2) is 15.0 Å². The lowest BCUT2D eigenvalue weighted by Crippen LogP contribution is -2.24. The highest BCUT2D eigenvalue weighted by Gasteiger charge is 2.03. The molecule has 0 aliphatic heterocycles. The van der Waals surface area contributed by atoms with Gasteiger partial charge in [-0.15, -0.1) is 0 Å². The summed E-state index contributed by atoms with van der Waals surface area (Å²) in [7, 11) is 1.95. The van der Waals surface area contributed by atoms with Crippen LogP contribution in [0.1, 0.15) is 0 Å². The minimum atomic E-state index is -0.407. The zero-order chi connectivity index (χ0) is 16.5. The number of pyridine rings is 1. The predicted molar refractivity (Wildman–Crippen MR) is 86.0 cm³/mol. The maximum Gasteiger partial charge on any atom is 0.319 e. The van der Waals surface area contributed by atoms with E-state index >= 15 is 0 Å². The third-order valence-corrected chi connectivity index (χ3v) is 3.03. The molecule has 0 saturated carbocycles. The molecule has 7 heteroatoms. The molecule has 0 radical (unpaired) electrons. The van der Waals surface area contributed by atoms with Crippen molar-refractivity contribution in [2.45, 2.75) is 0 Å². The van der Waals surface area contributed by atoms with E-state index in [9.17, 15) is 4.79 Å². The van der Waals surface area contributed by atoms with Crippen LogP contribution in [0, 0.1) is 0 Å². The first-order chi connectivity index (χ1) is 11.2. The molecule has 2 N–H and O–H groups in total. The van der Waals surface area contributed by atoms with Crippen LogP contribution in [0.25, 0.3) is 0 Å². The Morgan fingerprint density at radius 3 is 2.70 bits per heavy atom. The Balaban J connectivity index is 1.81. The highest BCUT2D eigenvalue weighted by atomic mass is 17.1. The van der Waals surface area contributed by atoms with Crippen molar-refractivity contribution in [3.63, 3.8) is 0 Å². The Labute approximate surface area is 133 Å². The molecule has 0 amide bonds. The molecular formula is C16H17N3O4. The van der Waals surface area contributed by atoms with Gasteiger partial charge in [-0.3, -0.25) is 0 Å². The number of likely N-dealkylation sites (N-methyl/N-ethyl adjacent to an activating group) is 1. The van der Waals surface area contributed by atoms with Gasteiger partial charge in [0, 0.05) is 18.9 Å². The second-order valence-electron chi connectivity index (χ2n) is 4.63. The van der Waals surface area contributed by atoms with Gasteiger partial charge in [-0.2, -0.15) is 0 Å². The fraction of sp³-hybridized carbons (Fsp3) is 0.188. The Morgan fingerprint density at radius 1 is 1.30 bits per heavy atom. The zero-order valence-corrected chi connectivity index (χ0v) is 12.6. The van der Waals surface area contributed by atoms with Crippen LogP contribution in [-0.2, 0) is 9.68 Å². The highest BCUT2D eigenvalue weighted by Crippen LogP contribution is 2.17. The molecule has 0 saturated heterocycles. The molecule has 1 aromatic heterocycles. The lowest BCUT2D eigenvalue weighted by Gasteiger charge is -2.18. The van der Waals surface area contributed by atoms with Crippen LogP contribution in [0.15, 0.2) is 54.5 Å². The highest BCUT2D eigenvalue weighted by molar-refractivity contribution is 5.59. The first kappa shape index (κ1) is 16.4. The normalized spacial score (nSPS) is 9.65. The predicted octanol–water partition coefficient (Wildman–Crippen LogP) is 2.17. The lowest BCUT2D eigenvalue weighted by molar-refractivity contribution is -0.199. The number of carbonyl (C=O) groups excluding carboxylic acids is 1. The first-order valence-corrected chi connectivity index (χ1v) is 6.91. The molecular weight excluding hydrogens is 298 g/mol. The molecule has 0 spiro atoms. The summed E-state index contributed by atoms with van der Waals surface area (Å²) in [6.45, 7) is 1.19. The fourth-order valence-electron chi connectivity index (χ4n) is 1.83. The number of nitrogens with one attached hydrogen (secondary N) is 1. The monoisotopic (exact) mass is 315 g/mol. The number of benzene rings is 1. The summed E-state index contributed by atoms with van der Waals surface area (Å²) in [5.41, 5.74) is 0.565. The van der Waals surface area contributed by atoms with Crippen molar-refractivity contribution >= 4 is 17.4 Å². The van der Waals surface area contributed by atoms with Crippen LogP contribution in [-0.4, -0.2) is 36.4 Å². The molecule has 1 aromatic carbocycles. The number of hydrogen-bond donors (Lipinski definition) is 2. The van der Waals surface area contributed by atoms with Crippen LogP contribution >= 0.6 is 0 Å². The minimum absolute atomic E-state index is 0.407. The van der Waals surface area contributed by atoms with Crippen molar-refractivity contribution in [3.05, 3.63) is 54.5 Å². The average Bonchev–Trinajstić information content (AvgIpc) is 2.61. The zero-order valence-electron chi connectivity index (χ0n) is 12.6. The van der Waals surface area contributed by atoms with Gasteiger partial charge in [0.25, 0.3) is 0 Å². The van der Waals surface area contributed by atoms with Crippen molar-refractivity contribution in [1.82, 2.24) is 4.98 Å². The van der Waals surface area contributed by atoms with E-state index in [2.05, 4.69) is 15.2 Å². The molecule has 1 heterocycles. The van der Waals surface area contributed by atoms with E-state index in [1.54, 1.807) is 30.5 Å². The summed E-state index contributed by atoms with van der Waals surface area (Å²) in [4.78, 5) is 20.4. The Morgan fingerprint density at radius 2 is 2.09 bits per heavy atom. The molecule has 120 valence electrons. The van der Waals surface area contributed by atoms with Crippen molar-refractivity contribution in [2.75, 3.05) is 30.4 Å². The molecule has 2 aromatic rings. The fourth-order valence-corrected chi connectivity index (χ4v) is 1.83. The smallest absolute Gasteiger partial charge is 0.319 e. The van der Waals surface area contributed by atoms with Gasteiger partial charge in [0.1, 0.15) is 18.2 Å². The molecule has 0 aliphatic carbocycles. The van der Waals surface area contributed by atoms with Crippen LogP contribution < -0.4 is 15.0 Å². The number of anilines is 2. The minimum Gasteiger partial charge on any atom is -0.492 e. The maximum atomic E-state index is 10.4. The van der Waals surface area contributed by atoms with Crippen molar-refractivity contribution in [1.29, 1.82) is 0 Å². The van der Waals surface area contributed by atoms with Gasteiger partial charge in [0.2, 0.25) is 0 Å². The largest absolute Gasteiger partial charge is 0.492 e. The Hall–Kier alpha value is -3.02. The van der Waals surface area contributed by atoms with Crippen LogP contribution in [0.3, 0.4) is 0 Å². The average molecular weight is 315 g/mol. The number of hydrogen-bond acceptors (Lipinski definition) is 7. The van der Waals surface area contributed by atoms with Gasteiger partial charge >= 0.3 is 5.88 Å². The summed E-state index contributed by atoms with van der Waals surface area (Å²) >= 11 is 0. The van der Waals surface area contributed by atoms with Gasteiger partial charge < -0.3 is 19.8 Å². The molecule has 2 rings (SSSR count). The SMILES string of the molecule is CN(CCOc1ccc(NC(=C=O)OO)cc1)c1ccccn1. The molecule has 0 atom stereocenters. The molecule has 7 nitrogen and oxygen atoms in total. The van der Waals surface area contributed by atoms with E-state index in [1.807, 2.05) is 30.1 Å². The summed E-state index contributed by atoms with van der Waals surface area (Å²) in [5.74, 6) is 2.58. The van der Waals surface area contributed by atoms with Gasteiger partial charge in [-0.1, -0.05) is 6.07 Å². The van der Waals surface area contributed by atoms with Crippen LogP contribution in [0.5, 0.6) is 5.75 Å². The second-order valence-corrected chi connectivity index (χ2v) is 4.63. The van der Waals surface area contributed by atoms with Gasteiger partial charge in [0.15, 0.2) is 5.94 Å². The molecule has 0 aliphatic rings. The van der Waals surface area contributed by atoms with Gasteiger partial charge in [-0.05, 0) is 36.4 Å². The number of ether oxygens (including phenoxy) is 1. The summed E-state index contributed by atoms with van der Waals surface area (Å²) in [6.07, 6.45) is 1.75. The van der Waals surface area contributed by atoms with Crippen molar-refractivity contribution in [2.24, 2.45) is 0 Å².